The fourth-order valence-corrected chi connectivity index (χ4v) is 3.84. The summed E-state index contributed by atoms with van der Waals surface area (Å²) in [4.78, 5) is 12.6. The van der Waals surface area contributed by atoms with Crippen LogP contribution in [0.15, 0.2) is 78.9 Å². The Morgan fingerprint density at radius 2 is 1.56 bits per heavy atom. The molecule has 2 nitrogen and oxygen atoms in total. The second kappa shape index (κ2) is 9.43. The Morgan fingerprint density at radius 1 is 0.889 bits per heavy atom. The molecule has 1 unspecified atom stereocenters. The normalized spacial score (nSPS) is 11.8. The predicted octanol–water partition coefficient (Wildman–Crippen LogP) is 5.44. The van der Waals surface area contributed by atoms with Crippen molar-refractivity contribution < 1.29 is 4.79 Å². The number of carbonyl (C=O) groups excluding carboxylic acids is 1. The van der Waals surface area contributed by atoms with Crippen LogP contribution < -0.4 is 5.32 Å². The number of benzene rings is 3. The van der Waals surface area contributed by atoms with Crippen molar-refractivity contribution in [1.29, 1.82) is 0 Å². The number of hydrogen-bond acceptors (Lipinski definition) is 2. The number of carbonyl (C=O) groups is 1. The van der Waals surface area contributed by atoms with Crippen LogP contribution in [0, 0.1) is 13.8 Å². The summed E-state index contributed by atoms with van der Waals surface area (Å²) in [5.41, 5.74) is 5.92. The molecule has 3 rings (SSSR count). The molecule has 1 N–H and O–H groups in total. The average Bonchev–Trinajstić information content (AvgIpc) is 2.69. The fourth-order valence-electron chi connectivity index (χ4n) is 3.05. The lowest BCUT2D eigenvalue weighted by Crippen LogP contribution is -2.31. The van der Waals surface area contributed by atoms with Crippen molar-refractivity contribution in [3.8, 4) is 0 Å². The lowest BCUT2D eigenvalue weighted by atomic mass is 9.95. The standard InChI is InChI=1S/C24H25NOS/c1-18-12-14-20(15-13-18)16-27-17-23(26)25-24(21-9-4-3-5-10-21)22-11-7-6-8-19(22)2/h3-15,24H,16-17H2,1-2H3,(H,25,26). The van der Waals surface area contributed by atoms with Crippen molar-refractivity contribution in [3.05, 3.63) is 107 Å². The molecule has 0 aliphatic heterocycles. The van der Waals surface area contributed by atoms with Gasteiger partial charge in [-0.05, 0) is 36.1 Å². The zero-order valence-corrected chi connectivity index (χ0v) is 16.6. The third-order valence-electron chi connectivity index (χ3n) is 4.56. The molecule has 0 aliphatic rings. The predicted molar refractivity (Wildman–Crippen MR) is 115 cm³/mol. The van der Waals surface area contributed by atoms with E-state index in [-0.39, 0.29) is 11.9 Å². The van der Waals surface area contributed by atoms with Gasteiger partial charge in [0.2, 0.25) is 5.91 Å². The first-order chi connectivity index (χ1) is 13.1. The van der Waals surface area contributed by atoms with E-state index in [4.69, 9.17) is 0 Å². The number of hydrogen-bond donors (Lipinski definition) is 1. The monoisotopic (exact) mass is 375 g/mol. The van der Waals surface area contributed by atoms with Crippen LogP contribution in [0.5, 0.6) is 0 Å². The summed E-state index contributed by atoms with van der Waals surface area (Å²) in [6, 6.07) is 26.7. The van der Waals surface area contributed by atoms with Crippen molar-refractivity contribution in [3.63, 3.8) is 0 Å². The van der Waals surface area contributed by atoms with Crippen LogP contribution in [0.3, 0.4) is 0 Å². The second-order valence-electron chi connectivity index (χ2n) is 6.75. The number of thioether (sulfide) groups is 1. The topological polar surface area (TPSA) is 29.1 Å². The van der Waals surface area contributed by atoms with Crippen LogP contribution >= 0.6 is 11.8 Å². The smallest absolute Gasteiger partial charge is 0.230 e. The third kappa shape index (κ3) is 5.48. The Bertz CT molecular complexity index is 874. The SMILES string of the molecule is Cc1ccc(CSCC(=O)NC(c2ccccc2)c2ccccc2C)cc1. The molecule has 0 bridgehead atoms. The Labute approximate surface area is 166 Å². The number of amides is 1. The molecule has 0 heterocycles. The molecule has 0 aromatic heterocycles. The first-order valence-corrected chi connectivity index (χ1v) is 10.3. The van der Waals surface area contributed by atoms with Gasteiger partial charge in [0.15, 0.2) is 0 Å². The fraction of sp³-hybridized carbons (Fsp3) is 0.208. The van der Waals surface area contributed by atoms with E-state index in [0.29, 0.717) is 5.75 Å². The summed E-state index contributed by atoms with van der Waals surface area (Å²) >= 11 is 1.64. The van der Waals surface area contributed by atoms with Crippen LogP contribution in [-0.2, 0) is 10.5 Å². The quantitative estimate of drug-likeness (QED) is 0.595. The van der Waals surface area contributed by atoms with Crippen molar-refractivity contribution >= 4 is 17.7 Å². The summed E-state index contributed by atoms with van der Waals surface area (Å²) in [5.74, 6) is 1.35. The molecule has 0 spiro atoms. The summed E-state index contributed by atoms with van der Waals surface area (Å²) in [6.07, 6.45) is 0. The van der Waals surface area contributed by atoms with Crippen LogP contribution in [-0.4, -0.2) is 11.7 Å². The van der Waals surface area contributed by atoms with Gasteiger partial charge in [-0.3, -0.25) is 4.79 Å². The lowest BCUT2D eigenvalue weighted by Gasteiger charge is -2.21. The van der Waals surface area contributed by atoms with Crippen molar-refractivity contribution in [1.82, 2.24) is 5.32 Å². The van der Waals surface area contributed by atoms with Gasteiger partial charge in [0.1, 0.15) is 0 Å². The van der Waals surface area contributed by atoms with Gasteiger partial charge in [-0.15, -0.1) is 11.8 Å². The number of aryl methyl sites for hydroxylation is 2. The zero-order chi connectivity index (χ0) is 19.1. The van der Waals surface area contributed by atoms with Gasteiger partial charge in [-0.25, -0.2) is 0 Å². The van der Waals surface area contributed by atoms with Gasteiger partial charge >= 0.3 is 0 Å². The first kappa shape index (κ1) is 19.2. The maximum Gasteiger partial charge on any atom is 0.230 e. The minimum atomic E-state index is -0.125. The Morgan fingerprint density at radius 3 is 2.26 bits per heavy atom. The number of rotatable bonds is 7. The Balaban J connectivity index is 1.66. The molecule has 0 fully saturated rings. The average molecular weight is 376 g/mol. The zero-order valence-electron chi connectivity index (χ0n) is 15.8. The van der Waals surface area contributed by atoms with E-state index in [1.54, 1.807) is 11.8 Å². The van der Waals surface area contributed by atoms with E-state index in [2.05, 4.69) is 67.7 Å². The molecule has 0 radical (unpaired) electrons. The van der Waals surface area contributed by atoms with Crippen molar-refractivity contribution in [2.75, 3.05) is 5.75 Å². The molecule has 1 amide bonds. The minimum absolute atomic E-state index is 0.0595. The lowest BCUT2D eigenvalue weighted by molar-refractivity contribution is -0.119. The Hall–Kier alpha value is -2.52. The molecular weight excluding hydrogens is 350 g/mol. The van der Waals surface area contributed by atoms with Crippen molar-refractivity contribution in [2.45, 2.75) is 25.6 Å². The molecule has 3 aromatic carbocycles. The van der Waals surface area contributed by atoms with Gasteiger partial charge in [0.05, 0.1) is 11.8 Å². The largest absolute Gasteiger partial charge is 0.344 e. The van der Waals surface area contributed by atoms with E-state index < -0.39 is 0 Å². The first-order valence-electron chi connectivity index (χ1n) is 9.16. The minimum Gasteiger partial charge on any atom is -0.344 e. The maximum atomic E-state index is 12.6. The van der Waals surface area contributed by atoms with Gasteiger partial charge in [-0.2, -0.15) is 0 Å². The Kier molecular flexibility index (Phi) is 6.72. The highest BCUT2D eigenvalue weighted by molar-refractivity contribution is 7.99. The summed E-state index contributed by atoms with van der Waals surface area (Å²) in [5, 5.41) is 3.23. The van der Waals surface area contributed by atoms with E-state index in [1.165, 1.54) is 16.7 Å². The molecule has 27 heavy (non-hydrogen) atoms. The van der Waals surface area contributed by atoms with Gasteiger partial charge in [0, 0.05) is 5.75 Å². The summed E-state index contributed by atoms with van der Waals surface area (Å²) in [7, 11) is 0. The van der Waals surface area contributed by atoms with Gasteiger partial charge < -0.3 is 5.32 Å². The molecule has 3 heteroatoms. The van der Waals surface area contributed by atoms with Crippen LogP contribution in [0.4, 0.5) is 0 Å². The molecule has 3 aromatic rings. The molecule has 0 saturated heterocycles. The van der Waals surface area contributed by atoms with Gasteiger partial charge in [0.25, 0.3) is 0 Å². The van der Waals surface area contributed by atoms with E-state index in [9.17, 15) is 4.79 Å². The van der Waals surface area contributed by atoms with Crippen LogP contribution in [0.25, 0.3) is 0 Å². The van der Waals surface area contributed by atoms with E-state index >= 15 is 0 Å². The molecule has 0 aliphatic carbocycles. The summed E-state index contributed by atoms with van der Waals surface area (Å²) in [6.45, 7) is 4.17. The molecule has 0 saturated carbocycles. The summed E-state index contributed by atoms with van der Waals surface area (Å²) < 4.78 is 0. The highest BCUT2D eigenvalue weighted by Crippen LogP contribution is 2.25. The molecular formula is C24H25NOS. The van der Waals surface area contributed by atoms with Gasteiger partial charge in [-0.1, -0.05) is 84.4 Å². The second-order valence-corrected chi connectivity index (χ2v) is 7.73. The van der Waals surface area contributed by atoms with E-state index in [0.717, 1.165) is 16.9 Å². The van der Waals surface area contributed by atoms with Crippen LogP contribution in [0.1, 0.15) is 33.9 Å². The molecule has 1 atom stereocenters. The maximum absolute atomic E-state index is 12.6. The van der Waals surface area contributed by atoms with Crippen LogP contribution in [0.2, 0.25) is 0 Å². The van der Waals surface area contributed by atoms with E-state index in [1.807, 2.05) is 30.3 Å². The molecule has 138 valence electrons. The number of nitrogens with one attached hydrogen (secondary N) is 1. The third-order valence-corrected chi connectivity index (χ3v) is 5.56. The highest BCUT2D eigenvalue weighted by Gasteiger charge is 2.18. The highest BCUT2D eigenvalue weighted by atomic mass is 32.2. The van der Waals surface area contributed by atoms with Crippen molar-refractivity contribution in [2.24, 2.45) is 0 Å².